The number of aromatic nitrogens is 2. The van der Waals surface area contributed by atoms with Crippen LogP contribution in [-0.4, -0.2) is 63.3 Å². The predicted molar refractivity (Wildman–Crippen MR) is 176 cm³/mol. The van der Waals surface area contributed by atoms with Crippen molar-refractivity contribution in [2.24, 2.45) is 5.92 Å². The van der Waals surface area contributed by atoms with Gasteiger partial charge < -0.3 is 10.2 Å². The van der Waals surface area contributed by atoms with Crippen molar-refractivity contribution in [2.45, 2.75) is 38.3 Å². The molecule has 1 aromatic heterocycles. The Bertz CT molecular complexity index is 2180. The lowest BCUT2D eigenvalue weighted by Gasteiger charge is -2.38. The number of carbonyl (C=O) groups is 5. The van der Waals surface area contributed by atoms with Crippen LogP contribution < -0.4 is 15.5 Å². The second kappa shape index (κ2) is 11.5. The minimum Gasteiger partial charge on any atom is -0.369 e. The molecule has 48 heavy (non-hydrogen) atoms. The first-order chi connectivity index (χ1) is 23.0. The molecular formula is C36H29N7O5. The molecule has 3 aliphatic heterocycles. The molecule has 2 saturated heterocycles. The Hall–Kier alpha value is -6.27. The molecule has 3 aromatic carbocycles. The monoisotopic (exact) mass is 639 g/mol. The lowest BCUT2D eigenvalue weighted by molar-refractivity contribution is -0.136. The number of hydrogen-bond acceptors (Lipinski definition) is 7. The Morgan fingerprint density at radius 2 is 1.77 bits per heavy atom. The van der Waals surface area contributed by atoms with Crippen LogP contribution >= 0.6 is 0 Å². The summed E-state index contributed by atoms with van der Waals surface area (Å²) >= 11 is 0. The number of amides is 5. The molecule has 2 fully saturated rings. The summed E-state index contributed by atoms with van der Waals surface area (Å²) in [5.74, 6) is 4.07. The van der Waals surface area contributed by atoms with Crippen molar-refractivity contribution in [3.63, 3.8) is 0 Å². The molecule has 5 amide bonds. The Labute approximate surface area is 275 Å². The number of anilines is 2. The maximum absolute atomic E-state index is 13.4. The van der Waals surface area contributed by atoms with Crippen molar-refractivity contribution in [2.75, 3.05) is 23.3 Å². The number of rotatable bonds is 5. The highest BCUT2D eigenvalue weighted by atomic mass is 16.2. The van der Waals surface area contributed by atoms with Crippen LogP contribution in [0.1, 0.15) is 53.0 Å². The minimum absolute atomic E-state index is 0.0573. The van der Waals surface area contributed by atoms with Gasteiger partial charge in [0.2, 0.25) is 11.8 Å². The van der Waals surface area contributed by atoms with Crippen molar-refractivity contribution in [1.29, 1.82) is 0 Å². The third-order valence-corrected chi connectivity index (χ3v) is 9.07. The fraction of sp³-hybridized carbons (Fsp3) is 0.250. The first kappa shape index (κ1) is 30.4. The first-order valence-electron chi connectivity index (χ1n) is 15.4. The van der Waals surface area contributed by atoms with E-state index in [0.29, 0.717) is 30.0 Å². The van der Waals surface area contributed by atoms with Gasteiger partial charge in [-0.25, -0.2) is 4.85 Å². The smallest absolute Gasteiger partial charge is 0.262 e. The maximum Gasteiger partial charge on any atom is 0.262 e. The van der Waals surface area contributed by atoms with Crippen molar-refractivity contribution < 1.29 is 24.0 Å². The number of carbonyl (C=O) groups excluding carboxylic acids is 5. The molecule has 0 bridgehead atoms. The zero-order valence-corrected chi connectivity index (χ0v) is 26.1. The molecule has 4 heterocycles. The summed E-state index contributed by atoms with van der Waals surface area (Å²) in [4.78, 5) is 70.1. The van der Waals surface area contributed by atoms with Crippen molar-refractivity contribution in [3.8, 4) is 11.8 Å². The highest BCUT2D eigenvalue weighted by molar-refractivity contribution is 6.23. The number of imide groups is 2. The minimum atomic E-state index is -1.03. The fourth-order valence-electron chi connectivity index (χ4n) is 6.18. The van der Waals surface area contributed by atoms with E-state index in [2.05, 4.69) is 37.3 Å². The van der Waals surface area contributed by atoms with E-state index in [1.165, 1.54) is 0 Å². The standard InChI is InChI=1S/C36H29N7O5/c1-36(2,35(48)39-29-13-12-28(37-3)24-6-4-5-7-25(24)29)42-20-21(17-38-42)8-9-22-18-41(19-22)23-10-11-26-27(16-23)34(47)43(33(26)46)30-14-15-31(44)40-32(30)45/h4-7,10-13,16-17,20,22,30H,14-15,18-19H2,1-2H3,(H,39,48)(H,40,44,45). The molecule has 1 unspecified atom stereocenters. The lowest BCUT2D eigenvalue weighted by atomic mass is 9.98. The van der Waals surface area contributed by atoms with Gasteiger partial charge in [-0.2, -0.15) is 5.10 Å². The van der Waals surface area contributed by atoms with Crippen LogP contribution in [0, 0.1) is 24.3 Å². The predicted octanol–water partition coefficient (Wildman–Crippen LogP) is 3.85. The number of fused-ring (bicyclic) bond motifs is 2. The van der Waals surface area contributed by atoms with Crippen LogP contribution in [0.4, 0.5) is 17.1 Å². The number of nitrogens with one attached hydrogen (secondary N) is 2. The van der Waals surface area contributed by atoms with Crippen molar-refractivity contribution >= 4 is 57.4 Å². The zero-order valence-electron chi connectivity index (χ0n) is 26.1. The van der Waals surface area contributed by atoms with Crippen LogP contribution in [-0.2, 0) is 19.9 Å². The second-order valence-electron chi connectivity index (χ2n) is 12.5. The normalized spacial score (nSPS) is 17.7. The summed E-state index contributed by atoms with van der Waals surface area (Å²) in [5.41, 5.74) is 2.02. The maximum atomic E-state index is 13.4. The van der Waals surface area contributed by atoms with Crippen LogP contribution in [0.3, 0.4) is 0 Å². The van der Waals surface area contributed by atoms with E-state index in [1.54, 1.807) is 61.3 Å². The number of nitrogens with zero attached hydrogens (tertiary/aromatic N) is 5. The van der Waals surface area contributed by atoms with Crippen LogP contribution in [0.25, 0.3) is 15.6 Å². The Morgan fingerprint density at radius 3 is 2.52 bits per heavy atom. The van der Waals surface area contributed by atoms with Gasteiger partial charge in [-0.3, -0.25) is 38.9 Å². The number of benzene rings is 3. The SMILES string of the molecule is [C-]#[N+]c1ccc(NC(=O)C(C)(C)n2cc(C#CC3CN(c4ccc5c(c4)C(=O)N(C4CCC(=O)NC4=O)C5=O)C3)cn2)c2ccccc12. The first-order valence-corrected chi connectivity index (χ1v) is 15.4. The van der Waals surface area contributed by atoms with Crippen molar-refractivity contribution in [1.82, 2.24) is 20.0 Å². The summed E-state index contributed by atoms with van der Waals surface area (Å²) in [7, 11) is 0. The number of hydrogen-bond donors (Lipinski definition) is 2. The Morgan fingerprint density at radius 1 is 1.02 bits per heavy atom. The van der Waals surface area contributed by atoms with Gasteiger partial charge in [-0.05, 0) is 55.3 Å². The van der Waals surface area contributed by atoms with E-state index < -0.39 is 35.2 Å². The molecule has 4 aromatic rings. The van der Waals surface area contributed by atoms with Gasteiger partial charge in [-0.15, -0.1) is 0 Å². The molecule has 2 N–H and O–H groups in total. The summed E-state index contributed by atoms with van der Waals surface area (Å²) in [6.45, 7) is 12.2. The van der Waals surface area contributed by atoms with E-state index in [-0.39, 0.29) is 35.8 Å². The molecular weight excluding hydrogens is 610 g/mol. The summed E-state index contributed by atoms with van der Waals surface area (Å²) in [6, 6.07) is 14.9. The molecule has 0 aliphatic carbocycles. The van der Waals surface area contributed by atoms with E-state index in [9.17, 15) is 24.0 Å². The van der Waals surface area contributed by atoms with E-state index in [1.807, 2.05) is 24.3 Å². The second-order valence-corrected chi connectivity index (χ2v) is 12.5. The molecule has 12 heteroatoms. The summed E-state index contributed by atoms with van der Waals surface area (Å²) in [6.07, 6.45) is 3.53. The molecule has 238 valence electrons. The van der Waals surface area contributed by atoms with Crippen molar-refractivity contribution in [3.05, 3.63) is 95.1 Å². The summed E-state index contributed by atoms with van der Waals surface area (Å²) in [5, 5.41) is 11.2. The topological polar surface area (TPSA) is 138 Å². The quantitative estimate of drug-likeness (QED) is 0.192. The van der Waals surface area contributed by atoms with Gasteiger partial charge in [0, 0.05) is 37.1 Å². The largest absolute Gasteiger partial charge is 0.369 e. The van der Waals surface area contributed by atoms with Gasteiger partial charge in [0.15, 0.2) is 5.69 Å². The van der Waals surface area contributed by atoms with E-state index >= 15 is 0 Å². The molecule has 0 radical (unpaired) electrons. The summed E-state index contributed by atoms with van der Waals surface area (Å²) < 4.78 is 1.58. The fourth-order valence-corrected chi connectivity index (χ4v) is 6.18. The van der Waals surface area contributed by atoms with Gasteiger partial charge in [0.05, 0.1) is 35.4 Å². The molecule has 7 rings (SSSR count). The Balaban J connectivity index is 0.988. The highest BCUT2D eigenvalue weighted by Gasteiger charge is 2.45. The Kier molecular flexibility index (Phi) is 7.29. The molecule has 1 atom stereocenters. The molecule has 3 aliphatic rings. The van der Waals surface area contributed by atoms with Gasteiger partial charge >= 0.3 is 0 Å². The van der Waals surface area contributed by atoms with Gasteiger partial charge in [-0.1, -0.05) is 42.2 Å². The van der Waals surface area contributed by atoms with E-state index in [4.69, 9.17) is 6.57 Å². The zero-order chi connectivity index (χ0) is 33.7. The van der Waals surface area contributed by atoms with Crippen LogP contribution in [0.5, 0.6) is 0 Å². The van der Waals surface area contributed by atoms with Crippen LogP contribution in [0.15, 0.2) is 67.0 Å². The average Bonchev–Trinajstić information content (AvgIpc) is 3.63. The molecule has 0 spiro atoms. The third-order valence-electron chi connectivity index (χ3n) is 9.07. The lowest BCUT2D eigenvalue weighted by Crippen LogP contribution is -2.54. The molecule has 0 saturated carbocycles. The van der Waals surface area contributed by atoms with Crippen LogP contribution in [0.2, 0.25) is 0 Å². The van der Waals surface area contributed by atoms with Gasteiger partial charge in [0.25, 0.3) is 17.7 Å². The third kappa shape index (κ3) is 5.13. The van der Waals surface area contributed by atoms with Gasteiger partial charge in [0.1, 0.15) is 11.6 Å². The van der Waals surface area contributed by atoms with E-state index in [0.717, 1.165) is 21.4 Å². The number of piperidine rings is 1. The molecule has 12 nitrogen and oxygen atoms in total. The highest BCUT2D eigenvalue weighted by Crippen LogP contribution is 2.34. The average molecular weight is 640 g/mol.